The third-order valence-electron chi connectivity index (χ3n) is 5.13. The molecule has 0 radical (unpaired) electrons. The normalized spacial score (nSPS) is 13.4. The Hall–Kier alpha value is -3.87. The van der Waals surface area contributed by atoms with Crippen molar-refractivity contribution in [2.75, 3.05) is 28.3 Å². The van der Waals surface area contributed by atoms with E-state index < -0.39 is 0 Å². The molecule has 152 valence electrons. The van der Waals surface area contributed by atoms with Crippen LogP contribution in [-0.4, -0.2) is 60.4 Å². The Kier molecular flexibility index (Phi) is 4.66. The Morgan fingerprint density at radius 2 is 1.67 bits per heavy atom. The summed E-state index contributed by atoms with van der Waals surface area (Å²) in [5.41, 5.74) is 2.90. The Labute approximate surface area is 173 Å². The highest BCUT2D eigenvalue weighted by Gasteiger charge is 2.35. The summed E-state index contributed by atoms with van der Waals surface area (Å²) in [6.45, 7) is 0. The summed E-state index contributed by atoms with van der Waals surface area (Å²) in [4.78, 5) is 46.8. The minimum absolute atomic E-state index is 0.228. The van der Waals surface area contributed by atoms with E-state index in [-0.39, 0.29) is 23.2 Å². The zero-order valence-corrected chi connectivity index (χ0v) is 17.2. The molecule has 0 saturated heterocycles. The van der Waals surface area contributed by atoms with E-state index in [0.29, 0.717) is 27.7 Å². The van der Waals surface area contributed by atoms with Crippen LogP contribution in [0.5, 0.6) is 0 Å². The molecule has 0 unspecified atom stereocenters. The lowest BCUT2D eigenvalue weighted by Gasteiger charge is -2.10. The summed E-state index contributed by atoms with van der Waals surface area (Å²) in [6, 6.07) is 12.6. The van der Waals surface area contributed by atoms with E-state index in [1.807, 2.05) is 44.4 Å². The maximum absolute atomic E-state index is 13.3. The molecule has 7 nitrogen and oxygen atoms in total. The van der Waals surface area contributed by atoms with E-state index in [0.717, 1.165) is 10.5 Å². The van der Waals surface area contributed by atoms with Crippen LogP contribution in [-0.2, 0) is 0 Å². The number of ketones is 1. The van der Waals surface area contributed by atoms with E-state index in [2.05, 4.69) is 0 Å². The topological polar surface area (TPSA) is 71.8 Å². The van der Waals surface area contributed by atoms with Gasteiger partial charge in [0.05, 0.1) is 27.9 Å². The van der Waals surface area contributed by atoms with Crippen molar-refractivity contribution in [1.29, 1.82) is 0 Å². The monoisotopic (exact) mass is 403 g/mol. The van der Waals surface area contributed by atoms with Crippen LogP contribution in [0.3, 0.4) is 0 Å². The third-order valence-corrected chi connectivity index (χ3v) is 5.13. The molecule has 7 heteroatoms. The maximum Gasteiger partial charge on any atom is 0.261 e. The quantitative estimate of drug-likeness (QED) is 0.372. The van der Waals surface area contributed by atoms with Crippen molar-refractivity contribution in [1.82, 2.24) is 14.5 Å². The SMILES string of the molecule is COn1c(-c2ccccc2)c(C(=O)/C=C/N(C)C)c2cc3c(cc21)C(=O)N(C)C3=O. The standard InChI is InChI=1S/C23H21N3O4/c1-24(2)11-10-19(27)20-17-12-15-16(23(29)25(3)22(15)28)13-18(17)26(30-4)21(20)14-8-6-5-7-9-14/h5-13H,1-4H3/b11-10+. The number of imide groups is 1. The van der Waals surface area contributed by atoms with E-state index in [4.69, 9.17) is 4.84 Å². The zero-order valence-electron chi connectivity index (χ0n) is 17.2. The first-order chi connectivity index (χ1) is 14.3. The van der Waals surface area contributed by atoms with Gasteiger partial charge in [-0.25, -0.2) is 0 Å². The van der Waals surface area contributed by atoms with Crippen molar-refractivity contribution in [3.05, 3.63) is 71.4 Å². The molecule has 2 aromatic carbocycles. The first-order valence-corrected chi connectivity index (χ1v) is 9.38. The molecule has 0 N–H and O–H groups in total. The number of allylic oxidation sites excluding steroid dienone is 1. The third kappa shape index (κ3) is 2.86. The molecule has 0 bridgehead atoms. The summed E-state index contributed by atoms with van der Waals surface area (Å²) < 4.78 is 1.54. The van der Waals surface area contributed by atoms with Crippen molar-refractivity contribution in [2.24, 2.45) is 0 Å². The lowest BCUT2D eigenvalue weighted by atomic mass is 9.99. The van der Waals surface area contributed by atoms with Crippen molar-refractivity contribution in [3.8, 4) is 11.3 Å². The Bertz CT molecular complexity index is 1220. The number of amides is 2. The number of benzene rings is 2. The van der Waals surface area contributed by atoms with Gasteiger partial charge in [-0.2, -0.15) is 4.73 Å². The maximum atomic E-state index is 13.3. The molecule has 1 aliphatic heterocycles. The van der Waals surface area contributed by atoms with Gasteiger partial charge in [-0.15, -0.1) is 0 Å². The van der Waals surface area contributed by atoms with Crippen LogP contribution in [0.4, 0.5) is 0 Å². The predicted molar refractivity (Wildman–Crippen MR) is 113 cm³/mol. The van der Waals surface area contributed by atoms with Crippen LogP contribution in [0.25, 0.3) is 22.2 Å². The van der Waals surface area contributed by atoms with Gasteiger partial charge in [0, 0.05) is 44.4 Å². The summed E-state index contributed by atoms with van der Waals surface area (Å²) in [5.74, 6) is -0.985. The molecule has 0 spiro atoms. The first kappa shape index (κ1) is 19.4. The van der Waals surface area contributed by atoms with Gasteiger partial charge < -0.3 is 9.74 Å². The lowest BCUT2D eigenvalue weighted by Crippen LogP contribution is -2.24. The largest absolute Gasteiger partial charge is 0.416 e. The van der Waals surface area contributed by atoms with E-state index >= 15 is 0 Å². The number of carbonyl (C=O) groups is 3. The van der Waals surface area contributed by atoms with Crippen molar-refractivity contribution < 1.29 is 19.2 Å². The van der Waals surface area contributed by atoms with E-state index in [9.17, 15) is 14.4 Å². The fourth-order valence-electron chi connectivity index (χ4n) is 3.71. The van der Waals surface area contributed by atoms with Crippen LogP contribution in [0, 0.1) is 0 Å². The van der Waals surface area contributed by atoms with Crippen molar-refractivity contribution >= 4 is 28.5 Å². The van der Waals surface area contributed by atoms with Crippen molar-refractivity contribution in [2.45, 2.75) is 0 Å². The van der Waals surface area contributed by atoms with Gasteiger partial charge in [0.15, 0.2) is 5.78 Å². The average Bonchev–Trinajstić information content (AvgIpc) is 3.18. The van der Waals surface area contributed by atoms with Gasteiger partial charge in [-0.05, 0) is 12.1 Å². The molecule has 0 fully saturated rings. The second-order valence-corrected chi connectivity index (χ2v) is 7.29. The number of nitrogens with zero attached hydrogens (tertiary/aromatic N) is 3. The molecule has 4 rings (SSSR count). The van der Waals surface area contributed by atoms with Crippen molar-refractivity contribution in [3.63, 3.8) is 0 Å². The number of hydrogen-bond donors (Lipinski definition) is 0. The van der Waals surface area contributed by atoms with Crippen LogP contribution >= 0.6 is 0 Å². The number of carbonyl (C=O) groups excluding carboxylic acids is 3. The second kappa shape index (κ2) is 7.18. The molecule has 2 amide bonds. The van der Waals surface area contributed by atoms with Gasteiger partial charge >= 0.3 is 0 Å². The lowest BCUT2D eigenvalue weighted by molar-refractivity contribution is 0.0692. The molecular formula is C23H21N3O4. The van der Waals surface area contributed by atoms with Crippen LogP contribution in [0.1, 0.15) is 31.1 Å². The smallest absolute Gasteiger partial charge is 0.261 e. The Morgan fingerprint density at radius 3 is 2.27 bits per heavy atom. The number of aromatic nitrogens is 1. The molecule has 2 heterocycles. The fourth-order valence-corrected chi connectivity index (χ4v) is 3.71. The average molecular weight is 403 g/mol. The van der Waals surface area contributed by atoms with Crippen LogP contribution in [0.15, 0.2) is 54.7 Å². The summed E-state index contributed by atoms with van der Waals surface area (Å²) in [6.07, 6.45) is 3.15. The Morgan fingerprint density at radius 1 is 1.03 bits per heavy atom. The highest BCUT2D eigenvalue weighted by molar-refractivity contribution is 6.25. The fraction of sp³-hybridized carbons (Fsp3) is 0.174. The van der Waals surface area contributed by atoms with Gasteiger partial charge in [0.2, 0.25) is 0 Å². The van der Waals surface area contributed by atoms with Gasteiger partial charge in [0.25, 0.3) is 11.8 Å². The Balaban J connectivity index is 2.09. The molecule has 0 saturated carbocycles. The zero-order chi connectivity index (χ0) is 21.6. The van der Waals surface area contributed by atoms with Gasteiger partial charge in [-0.3, -0.25) is 19.3 Å². The van der Waals surface area contributed by atoms with Gasteiger partial charge in [-0.1, -0.05) is 30.3 Å². The number of rotatable bonds is 5. The predicted octanol–water partition coefficient (Wildman–Crippen LogP) is 2.85. The number of hydrogen-bond acceptors (Lipinski definition) is 5. The number of fused-ring (bicyclic) bond motifs is 2. The minimum atomic E-state index is -0.384. The molecule has 1 aliphatic rings. The highest BCUT2D eigenvalue weighted by Crippen LogP contribution is 2.37. The van der Waals surface area contributed by atoms with E-state index in [1.165, 1.54) is 25.0 Å². The molecule has 0 atom stereocenters. The molecular weight excluding hydrogens is 382 g/mol. The molecule has 30 heavy (non-hydrogen) atoms. The molecule has 0 aliphatic carbocycles. The highest BCUT2D eigenvalue weighted by atomic mass is 16.6. The summed E-state index contributed by atoms with van der Waals surface area (Å²) >= 11 is 0. The van der Waals surface area contributed by atoms with Gasteiger partial charge in [0.1, 0.15) is 7.11 Å². The van der Waals surface area contributed by atoms with Crippen LogP contribution < -0.4 is 4.84 Å². The second-order valence-electron chi connectivity index (χ2n) is 7.29. The van der Waals surface area contributed by atoms with Crippen LogP contribution in [0.2, 0.25) is 0 Å². The molecule has 1 aromatic heterocycles. The first-order valence-electron chi connectivity index (χ1n) is 9.38. The summed E-state index contributed by atoms with van der Waals surface area (Å²) in [7, 11) is 6.60. The summed E-state index contributed by atoms with van der Waals surface area (Å²) in [5, 5.41) is 0.555. The minimum Gasteiger partial charge on any atom is -0.416 e. The molecule has 3 aromatic rings. The van der Waals surface area contributed by atoms with E-state index in [1.54, 1.807) is 23.2 Å².